The number of carbonyl (C=O) groups is 2. The zero-order valence-electron chi connectivity index (χ0n) is 14.4. The van der Waals surface area contributed by atoms with E-state index in [2.05, 4.69) is 20.8 Å². The smallest absolute Gasteiger partial charge is 0.139 e. The molecular formula is C20H30O2. The number of carbonyl (C=O) groups excluding carboxylic acids is 2. The SMILES string of the molecule is CC12CCCCC1CCC1C2C(=O)CC2(C)C(=O)CCC12C. The number of hydrogen-bond donors (Lipinski definition) is 0. The predicted molar refractivity (Wildman–Crippen MR) is 86.4 cm³/mol. The zero-order chi connectivity index (χ0) is 15.8. The van der Waals surface area contributed by atoms with Crippen LogP contribution in [-0.4, -0.2) is 11.6 Å². The third-order valence-corrected chi connectivity index (χ3v) is 8.83. The predicted octanol–water partition coefficient (Wildman–Crippen LogP) is 4.56. The Hall–Kier alpha value is -0.660. The molecule has 0 N–H and O–H groups in total. The largest absolute Gasteiger partial charge is 0.299 e. The summed E-state index contributed by atoms with van der Waals surface area (Å²) in [4.78, 5) is 25.7. The van der Waals surface area contributed by atoms with Gasteiger partial charge in [0.25, 0.3) is 0 Å². The van der Waals surface area contributed by atoms with Gasteiger partial charge in [-0.25, -0.2) is 0 Å². The average molecular weight is 302 g/mol. The van der Waals surface area contributed by atoms with Gasteiger partial charge in [-0.1, -0.05) is 33.6 Å². The van der Waals surface area contributed by atoms with Crippen molar-refractivity contribution in [2.24, 2.45) is 34.0 Å². The maximum atomic E-state index is 13.2. The Morgan fingerprint density at radius 2 is 1.73 bits per heavy atom. The van der Waals surface area contributed by atoms with Gasteiger partial charge in [-0.2, -0.15) is 0 Å². The fraction of sp³-hybridized carbons (Fsp3) is 0.900. The Kier molecular flexibility index (Phi) is 3.02. The van der Waals surface area contributed by atoms with Crippen molar-refractivity contribution in [2.75, 3.05) is 0 Å². The second-order valence-corrected chi connectivity index (χ2v) is 9.43. The molecule has 0 spiro atoms. The van der Waals surface area contributed by atoms with E-state index in [1.54, 1.807) is 0 Å². The molecule has 0 aromatic heterocycles. The van der Waals surface area contributed by atoms with E-state index in [0.29, 0.717) is 30.3 Å². The average Bonchev–Trinajstić information content (AvgIpc) is 2.71. The summed E-state index contributed by atoms with van der Waals surface area (Å²) >= 11 is 0. The van der Waals surface area contributed by atoms with E-state index in [4.69, 9.17) is 0 Å². The Balaban J connectivity index is 1.79. The van der Waals surface area contributed by atoms with Gasteiger partial charge in [0.1, 0.15) is 11.6 Å². The topological polar surface area (TPSA) is 34.1 Å². The van der Waals surface area contributed by atoms with Crippen LogP contribution in [0.5, 0.6) is 0 Å². The van der Waals surface area contributed by atoms with Crippen LogP contribution in [0.25, 0.3) is 0 Å². The molecule has 2 nitrogen and oxygen atoms in total. The molecular weight excluding hydrogens is 272 g/mol. The van der Waals surface area contributed by atoms with Crippen LogP contribution in [0.15, 0.2) is 0 Å². The summed E-state index contributed by atoms with van der Waals surface area (Å²) in [6, 6.07) is 0. The number of ketones is 2. The molecule has 122 valence electrons. The number of Topliss-reactive ketones (excluding diaryl/α,β-unsaturated/α-hetero) is 2. The second-order valence-electron chi connectivity index (χ2n) is 9.43. The molecule has 6 unspecified atom stereocenters. The van der Waals surface area contributed by atoms with Crippen LogP contribution in [0, 0.1) is 34.0 Å². The molecule has 22 heavy (non-hydrogen) atoms. The van der Waals surface area contributed by atoms with Crippen LogP contribution in [0.3, 0.4) is 0 Å². The van der Waals surface area contributed by atoms with Crippen molar-refractivity contribution < 1.29 is 9.59 Å². The lowest BCUT2D eigenvalue weighted by molar-refractivity contribution is -0.172. The Labute approximate surface area is 134 Å². The summed E-state index contributed by atoms with van der Waals surface area (Å²) < 4.78 is 0. The first-order chi connectivity index (χ1) is 10.3. The third-order valence-electron chi connectivity index (χ3n) is 8.83. The highest BCUT2D eigenvalue weighted by Gasteiger charge is 2.67. The van der Waals surface area contributed by atoms with Crippen LogP contribution in [-0.2, 0) is 9.59 Å². The second kappa shape index (κ2) is 4.45. The summed E-state index contributed by atoms with van der Waals surface area (Å²) in [5.41, 5.74) is -0.0918. The molecule has 0 aromatic carbocycles. The van der Waals surface area contributed by atoms with Gasteiger partial charge in [0.2, 0.25) is 0 Å². The van der Waals surface area contributed by atoms with Crippen molar-refractivity contribution in [1.29, 1.82) is 0 Å². The van der Waals surface area contributed by atoms with Crippen molar-refractivity contribution in [3.63, 3.8) is 0 Å². The zero-order valence-corrected chi connectivity index (χ0v) is 14.4. The fourth-order valence-electron chi connectivity index (χ4n) is 7.20. The van der Waals surface area contributed by atoms with Crippen molar-refractivity contribution >= 4 is 11.6 Å². The van der Waals surface area contributed by atoms with E-state index in [1.165, 1.54) is 38.5 Å². The summed E-state index contributed by atoms with van der Waals surface area (Å²) in [7, 11) is 0. The van der Waals surface area contributed by atoms with E-state index in [-0.39, 0.29) is 22.2 Å². The quantitative estimate of drug-likeness (QED) is 0.657. The van der Waals surface area contributed by atoms with E-state index in [1.807, 2.05) is 0 Å². The van der Waals surface area contributed by atoms with E-state index in [0.717, 1.165) is 12.3 Å². The summed E-state index contributed by atoms with van der Waals surface area (Å²) in [5.74, 6) is 2.21. The van der Waals surface area contributed by atoms with Gasteiger partial charge >= 0.3 is 0 Å². The lowest BCUT2D eigenvalue weighted by Gasteiger charge is -2.62. The molecule has 2 heteroatoms. The highest BCUT2D eigenvalue weighted by molar-refractivity contribution is 5.96. The number of rotatable bonds is 0. The van der Waals surface area contributed by atoms with Crippen molar-refractivity contribution in [1.82, 2.24) is 0 Å². The lowest BCUT2D eigenvalue weighted by atomic mass is 9.41. The molecule has 4 aliphatic carbocycles. The first-order valence-corrected chi connectivity index (χ1v) is 9.39. The highest BCUT2D eigenvalue weighted by Crippen LogP contribution is 2.69. The highest BCUT2D eigenvalue weighted by atomic mass is 16.1. The molecule has 4 aliphatic rings. The van der Waals surface area contributed by atoms with E-state index in [9.17, 15) is 9.59 Å². The molecule has 4 fully saturated rings. The molecule has 0 bridgehead atoms. The van der Waals surface area contributed by atoms with Gasteiger partial charge in [-0.3, -0.25) is 9.59 Å². The van der Waals surface area contributed by atoms with Crippen molar-refractivity contribution in [3.8, 4) is 0 Å². The summed E-state index contributed by atoms with van der Waals surface area (Å²) in [6.45, 7) is 6.86. The third kappa shape index (κ3) is 1.57. The maximum Gasteiger partial charge on any atom is 0.139 e. The fourth-order valence-corrected chi connectivity index (χ4v) is 7.20. The van der Waals surface area contributed by atoms with Crippen LogP contribution >= 0.6 is 0 Å². The molecule has 0 aliphatic heterocycles. The van der Waals surface area contributed by atoms with E-state index < -0.39 is 0 Å². The van der Waals surface area contributed by atoms with Gasteiger partial charge in [-0.05, 0) is 54.8 Å². The minimum Gasteiger partial charge on any atom is -0.299 e. The Morgan fingerprint density at radius 1 is 0.955 bits per heavy atom. The van der Waals surface area contributed by atoms with E-state index >= 15 is 0 Å². The van der Waals surface area contributed by atoms with Crippen LogP contribution in [0.4, 0.5) is 0 Å². The number of fused-ring (bicyclic) bond motifs is 5. The molecule has 0 heterocycles. The maximum absolute atomic E-state index is 13.2. The molecule has 0 amide bonds. The van der Waals surface area contributed by atoms with Crippen LogP contribution in [0.1, 0.15) is 78.6 Å². The lowest BCUT2D eigenvalue weighted by Crippen LogP contribution is -2.60. The molecule has 0 aromatic rings. The Bertz CT molecular complexity index is 538. The molecule has 6 atom stereocenters. The summed E-state index contributed by atoms with van der Waals surface area (Å²) in [5, 5.41) is 0. The first kappa shape index (κ1) is 14.9. The van der Waals surface area contributed by atoms with Gasteiger partial charge < -0.3 is 0 Å². The standard InChI is InChI=1S/C20H30O2/c1-18-10-5-4-6-13(18)7-8-14-17(18)15(21)12-20(3)16(22)9-11-19(14,20)2/h13-14,17H,4-12H2,1-3H3. The normalized spacial score (nSPS) is 54.6. The minimum absolute atomic E-state index is 0.0636. The van der Waals surface area contributed by atoms with Crippen molar-refractivity contribution in [3.05, 3.63) is 0 Å². The summed E-state index contributed by atoms with van der Waals surface area (Å²) in [6.07, 6.45) is 9.87. The molecule has 0 radical (unpaired) electrons. The van der Waals surface area contributed by atoms with Crippen molar-refractivity contribution in [2.45, 2.75) is 78.6 Å². The van der Waals surface area contributed by atoms with Crippen LogP contribution < -0.4 is 0 Å². The van der Waals surface area contributed by atoms with Gasteiger partial charge in [0.05, 0.1) is 0 Å². The van der Waals surface area contributed by atoms with Gasteiger partial charge in [-0.15, -0.1) is 0 Å². The Morgan fingerprint density at radius 3 is 2.50 bits per heavy atom. The number of hydrogen-bond acceptors (Lipinski definition) is 2. The molecule has 4 saturated carbocycles. The monoisotopic (exact) mass is 302 g/mol. The molecule has 4 rings (SSSR count). The first-order valence-electron chi connectivity index (χ1n) is 9.39. The van der Waals surface area contributed by atoms with Crippen LogP contribution in [0.2, 0.25) is 0 Å². The van der Waals surface area contributed by atoms with Gasteiger partial charge in [0, 0.05) is 24.2 Å². The van der Waals surface area contributed by atoms with Gasteiger partial charge in [0.15, 0.2) is 0 Å². The minimum atomic E-state index is -0.372. The molecule has 0 saturated heterocycles.